The first-order chi connectivity index (χ1) is 16.4. The van der Waals surface area contributed by atoms with Crippen LogP contribution in [0.3, 0.4) is 0 Å². The van der Waals surface area contributed by atoms with Crippen LogP contribution in [0.25, 0.3) is 5.82 Å². The van der Waals surface area contributed by atoms with E-state index >= 15 is 0 Å². The predicted molar refractivity (Wildman–Crippen MR) is 125 cm³/mol. The molecule has 1 amide bonds. The number of hydrogen-bond acceptors (Lipinski definition) is 10. The first kappa shape index (κ1) is 24.9. The third-order valence-corrected chi connectivity index (χ3v) is 7.71. The zero-order valence-corrected chi connectivity index (χ0v) is 20.3. The number of carbonyl (C=O) groups is 1. The van der Waals surface area contributed by atoms with Gasteiger partial charge in [0.15, 0.2) is 11.6 Å². The van der Waals surface area contributed by atoms with Crippen LogP contribution in [0.1, 0.15) is 12.8 Å². The number of nitrogens with zero attached hydrogens (tertiary/aromatic N) is 6. The van der Waals surface area contributed by atoms with Gasteiger partial charge in [-0.25, -0.2) is 36.8 Å². The van der Waals surface area contributed by atoms with Crippen LogP contribution in [-0.2, 0) is 24.8 Å². The Morgan fingerprint density at radius 1 is 1.00 bits per heavy atom. The average molecular weight is 542 g/mol. The van der Waals surface area contributed by atoms with E-state index in [2.05, 4.69) is 25.6 Å². The van der Waals surface area contributed by atoms with Crippen LogP contribution in [0.2, 0.25) is 5.02 Å². The number of piperidine rings is 1. The van der Waals surface area contributed by atoms with Gasteiger partial charge >= 0.3 is 0 Å². The molecule has 0 saturated carbocycles. The molecule has 1 aliphatic heterocycles. The van der Waals surface area contributed by atoms with Gasteiger partial charge in [-0.05, 0) is 37.1 Å². The maximum absolute atomic E-state index is 12.9. The minimum atomic E-state index is -4.40. The van der Waals surface area contributed by atoms with Crippen LogP contribution < -0.4 is 20.5 Å². The molecule has 4 rings (SSSR count). The summed E-state index contributed by atoms with van der Waals surface area (Å²) in [6.45, 7) is 1.01. The van der Waals surface area contributed by atoms with Crippen molar-refractivity contribution in [1.82, 2.24) is 25.0 Å². The SMILES string of the molecule is NS(=O)(=O)c1cc(S(N)(=O)=O)c(NC(=O)C2CCN(c3ccc(-n4cncn4)nn3)CC2)cc1Cl. The Labute approximate surface area is 205 Å². The van der Waals surface area contributed by atoms with E-state index in [-0.39, 0.29) is 10.7 Å². The number of benzene rings is 1. The molecule has 186 valence electrons. The van der Waals surface area contributed by atoms with Crippen molar-refractivity contribution in [1.29, 1.82) is 0 Å². The number of hydrogen-bond donors (Lipinski definition) is 3. The van der Waals surface area contributed by atoms with Crippen LogP contribution in [0, 0.1) is 5.92 Å². The number of rotatable bonds is 6. The molecule has 0 radical (unpaired) electrons. The van der Waals surface area contributed by atoms with E-state index in [1.165, 1.54) is 17.3 Å². The van der Waals surface area contributed by atoms with Crippen molar-refractivity contribution in [2.24, 2.45) is 16.2 Å². The number of amides is 1. The lowest BCUT2D eigenvalue weighted by molar-refractivity contribution is -0.120. The summed E-state index contributed by atoms with van der Waals surface area (Å²) in [5.74, 6) is 0.244. The fourth-order valence-corrected chi connectivity index (χ4v) is 5.50. The van der Waals surface area contributed by atoms with Crippen LogP contribution in [-0.4, -0.2) is 60.8 Å². The summed E-state index contributed by atoms with van der Waals surface area (Å²) in [6.07, 6.45) is 3.79. The van der Waals surface area contributed by atoms with Crippen LogP contribution in [0.15, 0.2) is 46.7 Å². The van der Waals surface area contributed by atoms with Crippen LogP contribution in [0.4, 0.5) is 11.5 Å². The Bertz CT molecular complexity index is 1450. The third-order valence-electron chi connectivity index (χ3n) is 5.38. The lowest BCUT2D eigenvalue weighted by Crippen LogP contribution is -2.38. The minimum Gasteiger partial charge on any atom is -0.355 e. The molecule has 5 N–H and O–H groups in total. The highest BCUT2D eigenvalue weighted by Gasteiger charge is 2.28. The topological polar surface area (TPSA) is 209 Å². The van der Waals surface area contributed by atoms with Gasteiger partial charge in [-0.3, -0.25) is 4.79 Å². The van der Waals surface area contributed by atoms with Crippen molar-refractivity contribution in [3.05, 3.63) is 41.9 Å². The van der Waals surface area contributed by atoms with E-state index in [1.807, 2.05) is 4.90 Å². The zero-order valence-electron chi connectivity index (χ0n) is 17.9. The Kier molecular flexibility index (Phi) is 6.74. The summed E-state index contributed by atoms with van der Waals surface area (Å²) in [5, 5.41) is 24.8. The number of primary sulfonamides is 2. The van der Waals surface area contributed by atoms with Crippen LogP contribution >= 0.6 is 11.6 Å². The van der Waals surface area contributed by atoms with E-state index in [0.717, 1.165) is 12.1 Å². The molecule has 0 atom stereocenters. The lowest BCUT2D eigenvalue weighted by atomic mass is 9.96. The van der Waals surface area contributed by atoms with Gasteiger partial charge in [-0.2, -0.15) is 5.10 Å². The Balaban J connectivity index is 1.45. The van der Waals surface area contributed by atoms with Gasteiger partial charge in [0, 0.05) is 19.0 Å². The molecule has 0 bridgehead atoms. The van der Waals surface area contributed by atoms with Gasteiger partial charge in [-0.15, -0.1) is 10.2 Å². The molecule has 3 aromatic rings. The van der Waals surface area contributed by atoms with E-state index < -0.39 is 41.7 Å². The highest BCUT2D eigenvalue weighted by molar-refractivity contribution is 7.90. The van der Waals surface area contributed by atoms with Crippen molar-refractivity contribution in [2.75, 3.05) is 23.3 Å². The second-order valence-corrected chi connectivity index (χ2v) is 11.2. The standard InChI is InChI=1S/C18H20ClN9O5S2/c19-12-7-13(15(35(21,32)33)8-14(12)34(20,30)31)24-18(29)11-3-5-27(6-4-11)16-1-2-17(26-25-16)28-10-22-9-23-28/h1-2,7-11H,3-6H2,(H,24,29)(H2,20,30,31)(H2,21,32,33). The molecule has 0 aliphatic carbocycles. The molecular weight excluding hydrogens is 522 g/mol. The van der Waals surface area contributed by atoms with E-state index in [4.69, 9.17) is 21.9 Å². The summed E-state index contributed by atoms with van der Waals surface area (Å²) in [5.41, 5.74) is -0.230. The minimum absolute atomic E-state index is 0.230. The van der Waals surface area contributed by atoms with Gasteiger partial charge in [0.25, 0.3) is 0 Å². The summed E-state index contributed by atoms with van der Waals surface area (Å²) in [4.78, 5) is 17.5. The second-order valence-electron chi connectivity index (χ2n) is 7.71. The van der Waals surface area contributed by atoms with E-state index in [0.29, 0.717) is 37.6 Å². The average Bonchev–Trinajstić information content (AvgIpc) is 3.33. The first-order valence-electron chi connectivity index (χ1n) is 10.1. The number of anilines is 2. The first-order valence-corrected chi connectivity index (χ1v) is 13.5. The lowest BCUT2D eigenvalue weighted by Gasteiger charge is -2.32. The monoisotopic (exact) mass is 541 g/mol. The Morgan fingerprint density at radius 3 is 2.17 bits per heavy atom. The summed E-state index contributed by atoms with van der Waals surface area (Å²) < 4.78 is 48.9. The zero-order chi connectivity index (χ0) is 25.4. The smallest absolute Gasteiger partial charge is 0.240 e. The van der Waals surface area contributed by atoms with Crippen molar-refractivity contribution >= 4 is 49.1 Å². The summed E-state index contributed by atoms with van der Waals surface area (Å²) in [7, 11) is -8.72. The van der Waals surface area contributed by atoms with Crippen molar-refractivity contribution in [3.8, 4) is 5.82 Å². The molecule has 14 nitrogen and oxygen atoms in total. The molecule has 0 unspecified atom stereocenters. The molecule has 1 aromatic carbocycles. The Hall–Kier alpha value is -3.18. The van der Waals surface area contributed by atoms with Gasteiger partial charge in [-0.1, -0.05) is 11.6 Å². The molecule has 3 heterocycles. The summed E-state index contributed by atoms with van der Waals surface area (Å²) >= 11 is 5.96. The van der Waals surface area contributed by atoms with Gasteiger partial charge in [0.1, 0.15) is 22.4 Å². The number of sulfonamides is 2. The van der Waals surface area contributed by atoms with Crippen LogP contribution in [0.5, 0.6) is 0 Å². The molecule has 35 heavy (non-hydrogen) atoms. The number of carbonyl (C=O) groups excluding carboxylic acids is 1. The molecule has 1 saturated heterocycles. The highest BCUT2D eigenvalue weighted by atomic mass is 35.5. The normalized spacial score (nSPS) is 15.2. The van der Waals surface area contributed by atoms with Gasteiger partial charge in [0.05, 0.1) is 10.7 Å². The maximum atomic E-state index is 12.9. The number of nitrogens with one attached hydrogen (secondary N) is 1. The van der Waals surface area contributed by atoms with Crippen molar-refractivity contribution in [3.63, 3.8) is 0 Å². The highest BCUT2D eigenvalue weighted by Crippen LogP contribution is 2.32. The van der Waals surface area contributed by atoms with E-state index in [1.54, 1.807) is 12.1 Å². The fraction of sp³-hybridized carbons (Fsp3) is 0.278. The quantitative estimate of drug-likeness (QED) is 0.376. The van der Waals surface area contributed by atoms with Crippen molar-refractivity contribution < 1.29 is 21.6 Å². The molecule has 0 spiro atoms. The fourth-order valence-electron chi connectivity index (χ4n) is 3.63. The molecule has 17 heteroatoms. The Morgan fingerprint density at radius 2 is 1.63 bits per heavy atom. The number of nitrogens with two attached hydrogens (primary N) is 2. The van der Waals surface area contributed by atoms with Gasteiger partial charge < -0.3 is 10.2 Å². The third kappa shape index (κ3) is 5.57. The molecule has 1 aliphatic rings. The van der Waals surface area contributed by atoms with Crippen molar-refractivity contribution in [2.45, 2.75) is 22.6 Å². The largest absolute Gasteiger partial charge is 0.355 e. The predicted octanol–water partition coefficient (Wildman–Crippen LogP) is -0.139. The second kappa shape index (κ2) is 9.46. The molecular formula is C18H20ClN9O5S2. The molecule has 1 fully saturated rings. The number of aromatic nitrogens is 5. The maximum Gasteiger partial charge on any atom is 0.240 e. The van der Waals surface area contributed by atoms with E-state index in [9.17, 15) is 21.6 Å². The van der Waals surface area contributed by atoms with Gasteiger partial charge in [0.2, 0.25) is 26.0 Å². The number of halogens is 1. The molecule has 2 aromatic heterocycles. The summed E-state index contributed by atoms with van der Waals surface area (Å²) in [6, 6.07) is 5.27.